The fourth-order valence-electron chi connectivity index (χ4n) is 3.33. The molecule has 2 aromatic rings. The first-order chi connectivity index (χ1) is 14.3. The Kier molecular flexibility index (Phi) is 6.99. The average molecular weight is 425 g/mol. The zero-order chi connectivity index (χ0) is 21.6. The topological polar surface area (TPSA) is 96.1 Å². The maximum absolute atomic E-state index is 12.6. The van der Waals surface area contributed by atoms with E-state index in [1.807, 2.05) is 0 Å². The first kappa shape index (κ1) is 21.7. The van der Waals surface area contributed by atoms with Crippen LogP contribution in [0.4, 0.5) is 13.2 Å². The SMILES string of the molecule is O=C(O)[C@H]1CNC[C@@H](CCN/N=C/c2ccc(-c3ccccc3OC(F)(F)F)o2)C1. The van der Waals surface area contributed by atoms with E-state index in [9.17, 15) is 18.0 Å². The summed E-state index contributed by atoms with van der Waals surface area (Å²) in [6, 6.07) is 8.86. The molecule has 1 aliphatic rings. The number of furan rings is 1. The summed E-state index contributed by atoms with van der Waals surface area (Å²) in [7, 11) is 0. The number of hydrazone groups is 1. The van der Waals surface area contributed by atoms with Crippen molar-refractivity contribution in [1.29, 1.82) is 0 Å². The van der Waals surface area contributed by atoms with Crippen LogP contribution < -0.4 is 15.5 Å². The summed E-state index contributed by atoms with van der Waals surface area (Å²) in [5.41, 5.74) is 3.06. The summed E-state index contributed by atoms with van der Waals surface area (Å²) in [5.74, 6) is -0.648. The lowest BCUT2D eigenvalue weighted by molar-refractivity contribution is -0.274. The summed E-state index contributed by atoms with van der Waals surface area (Å²) in [4.78, 5) is 11.1. The Labute approximate surface area is 170 Å². The van der Waals surface area contributed by atoms with E-state index in [4.69, 9.17) is 9.52 Å². The van der Waals surface area contributed by atoms with Crippen LogP contribution in [0.3, 0.4) is 0 Å². The minimum absolute atomic E-state index is 0.181. The number of piperidine rings is 1. The highest BCUT2D eigenvalue weighted by Gasteiger charge is 2.32. The normalized spacial score (nSPS) is 19.7. The second-order valence-electron chi connectivity index (χ2n) is 7.00. The van der Waals surface area contributed by atoms with Gasteiger partial charge in [-0.1, -0.05) is 12.1 Å². The molecule has 1 aromatic carbocycles. The lowest BCUT2D eigenvalue weighted by Gasteiger charge is -2.27. The van der Waals surface area contributed by atoms with Crippen LogP contribution in [0.25, 0.3) is 11.3 Å². The Bertz CT molecular complexity index is 882. The minimum Gasteiger partial charge on any atom is -0.481 e. The number of nitrogens with one attached hydrogen (secondary N) is 2. The number of aliphatic carboxylic acids is 1. The van der Waals surface area contributed by atoms with Gasteiger partial charge in [-0.15, -0.1) is 13.2 Å². The molecule has 1 aliphatic heterocycles. The Balaban J connectivity index is 1.51. The van der Waals surface area contributed by atoms with Gasteiger partial charge >= 0.3 is 12.3 Å². The van der Waals surface area contributed by atoms with E-state index in [0.717, 1.165) is 13.0 Å². The van der Waals surface area contributed by atoms with Gasteiger partial charge < -0.3 is 25.0 Å². The van der Waals surface area contributed by atoms with Crippen LogP contribution in [0.5, 0.6) is 5.75 Å². The minimum atomic E-state index is -4.80. The predicted molar refractivity (Wildman–Crippen MR) is 103 cm³/mol. The number of benzene rings is 1. The van der Waals surface area contributed by atoms with Gasteiger partial charge in [0.25, 0.3) is 0 Å². The fourth-order valence-corrected chi connectivity index (χ4v) is 3.33. The summed E-state index contributed by atoms with van der Waals surface area (Å²) in [6.45, 7) is 1.83. The second-order valence-corrected chi connectivity index (χ2v) is 7.00. The number of para-hydroxylation sites is 1. The zero-order valence-electron chi connectivity index (χ0n) is 16.0. The number of carboxylic acids is 1. The molecule has 0 unspecified atom stereocenters. The second kappa shape index (κ2) is 9.66. The largest absolute Gasteiger partial charge is 0.573 e. The lowest BCUT2D eigenvalue weighted by atomic mass is 9.88. The third kappa shape index (κ3) is 6.24. The fraction of sp³-hybridized carbons (Fsp3) is 0.400. The third-order valence-electron chi connectivity index (χ3n) is 4.74. The monoisotopic (exact) mass is 425 g/mol. The molecule has 0 radical (unpaired) electrons. The summed E-state index contributed by atoms with van der Waals surface area (Å²) in [6.07, 6.45) is -1.97. The Morgan fingerprint density at radius 3 is 2.87 bits per heavy atom. The van der Waals surface area contributed by atoms with Crippen LogP contribution in [0.15, 0.2) is 45.9 Å². The number of halogens is 3. The van der Waals surface area contributed by atoms with Crippen molar-refractivity contribution in [2.45, 2.75) is 19.2 Å². The number of hydrogen-bond donors (Lipinski definition) is 3. The predicted octanol–water partition coefficient (Wildman–Crippen LogP) is 3.47. The highest BCUT2D eigenvalue weighted by atomic mass is 19.4. The number of rotatable bonds is 8. The van der Waals surface area contributed by atoms with Gasteiger partial charge in [0.1, 0.15) is 17.3 Å². The number of carbonyl (C=O) groups is 1. The number of hydrogen-bond acceptors (Lipinski definition) is 6. The molecule has 1 saturated heterocycles. The van der Waals surface area contributed by atoms with Crippen LogP contribution >= 0.6 is 0 Å². The van der Waals surface area contributed by atoms with E-state index in [0.29, 0.717) is 25.3 Å². The van der Waals surface area contributed by atoms with Gasteiger partial charge in [-0.05, 0) is 49.6 Å². The van der Waals surface area contributed by atoms with Crippen molar-refractivity contribution < 1.29 is 32.2 Å². The first-order valence-electron chi connectivity index (χ1n) is 9.46. The van der Waals surface area contributed by atoms with Gasteiger partial charge in [-0.25, -0.2) is 0 Å². The van der Waals surface area contributed by atoms with E-state index >= 15 is 0 Å². The van der Waals surface area contributed by atoms with Crippen molar-refractivity contribution in [2.24, 2.45) is 16.9 Å². The Morgan fingerprint density at radius 1 is 1.30 bits per heavy atom. The van der Waals surface area contributed by atoms with Gasteiger partial charge in [-0.3, -0.25) is 4.79 Å². The molecule has 3 rings (SSSR count). The molecule has 1 aromatic heterocycles. The first-order valence-corrected chi connectivity index (χ1v) is 9.46. The Hall–Kier alpha value is -3.01. The standard InChI is InChI=1S/C20H22F3N3O4/c21-20(22,23)30-18-4-2-1-3-16(18)17-6-5-15(29-17)12-26-25-8-7-13-9-14(19(27)28)11-24-10-13/h1-6,12-14,24-25H,7-11H2,(H,27,28)/b26-12+/t13-,14+/m0/s1. The van der Waals surface area contributed by atoms with Crippen LogP contribution in [0.2, 0.25) is 0 Å². The van der Waals surface area contributed by atoms with E-state index in [1.54, 1.807) is 18.2 Å². The molecule has 2 atom stereocenters. The molecule has 0 spiro atoms. The van der Waals surface area contributed by atoms with E-state index < -0.39 is 12.3 Å². The van der Waals surface area contributed by atoms with E-state index in [-0.39, 0.29) is 28.9 Å². The van der Waals surface area contributed by atoms with E-state index in [2.05, 4.69) is 20.6 Å². The molecular weight excluding hydrogens is 403 g/mol. The highest BCUT2D eigenvalue weighted by molar-refractivity contribution is 5.78. The summed E-state index contributed by atoms with van der Waals surface area (Å²) < 4.78 is 47.3. The maximum Gasteiger partial charge on any atom is 0.573 e. The molecule has 0 saturated carbocycles. The zero-order valence-corrected chi connectivity index (χ0v) is 16.0. The molecule has 30 heavy (non-hydrogen) atoms. The van der Waals surface area contributed by atoms with Gasteiger partial charge in [0, 0.05) is 13.1 Å². The van der Waals surface area contributed by atoms with Crippen molar-refractivity contribution in [2.75, 3.05) is 19.6 Å². The molecular formula is C20H22F3N3O4. The molecule has 10 heteroatoms. The molecule has 0 aliphatic carbocycles. The lowest BCUT2D eigenvalue weighted by Crippen LogP contribution is -2.40. The van der Waals surface area contributed by atoms with E-state index in [1.165, 1.54) is 24.4 Å². The van der Waals surface area contributed by atoms with Crippen LogP contribution in [0, 0.1) is 11.8 Å². The van der Waals surface area contributed by atoms with Crippen LogP contribution in [0.1, 0.15) is 18.6 Å². The van der Waals surface area contributed by atoms with Gasteiger partial charge in [0.15, 0.2) is 0 Å². The average Bonchev–Trinajstić information content (AvgIpc) is 3.16. The number of nitrogens with zero attached hydrogens (tertiary/aromatic N) is 1. The Morgan fingerprint density at radius 2 is 2.10 bits per heavy atom. The van der Waals surface area contributed by atoms with Crippen molar-refractivity contribution in [3.05, 3.63) is 42.2 Å². The van der Waals surface area contributed by atoms with Crippen molar-refractivity contribution in [1.82, 2.24) is 10.7 Å². The molecule has 0 amide bonds. The molecule has 162 valence electrons. The van der Waals surface area contributed by atoms with Crippen molar-refractivity contribution >= 4 is 12.2 Å². The number of carboxylic acid groups (broad SMARTS) is 1. The number of ether oxygens (including phenoxy) is 1. The molecule has 1 fully saturated rings. The van der Waals surface area contributed by atoms with Gasteiger partial charge in [0.05, 0.1) is 17.7 Å². The molecule has 2 heterocycles. The van der Waals surface area contributed by atoms with Crippen molar-refractivity contribution in [3.63, 3.8) is 0 Å². The molecule has 0 bridgehead atoms. The van der Waals surface area contributed by atoms with Crippen molar-refractivity contribution in [3.8, 4) is 17.1 Å². The quantitative estimate of drug-likeness (QED) is 0.341. The summed E-state index contributed by atoms with van der Waals surface area (Å²) >= 11 is 0. The van der Waals surface area contributed by atoms with Crippen LogP contribution in [-0.2, 0) is 4.79 Å². The third-order valence-corrected chi connectivity index (χ3v) is 4.74. The summed E-state index contributed by atoms with van der Waals surface area (Å²) in [5, 5.41) is 16.3. The molecule has 7 nitrogen and oxygen atoms in total. The van der Waals surface area contributed by atoms with Crippen LogP contribution in [-0.4, -0.2) is 43.3 Å². The van der Waals surface area contributed by atoms with Gasteiger partial charge in [-0.2, -0.15) is 5.10 Å². The molecule has 3 N–H and O–H groups in total. The van der Waals surface area contributed by atoms with Gasteiger partial charge in [0.2, 0.25) is 0 Å². The highest BCUT2D eigenvalue weighted by Crippen LogP contribution is 2.34. The number of alkyl halides is 3. The maximum atomic E-state index is 12.6. The smallest absolute Gasteiger partial charge is 0.481 e.